The molecule has 0 saturated carbocycles. The second-order valence-corrected chi connectivity index (χ2v) is 7.81. The first-order valence-electron chi connectivity index (χ1n) is 8.34. The van der Waals surface area contributed by atoms with Crippen molar-refractivity contribution in [3.8, 4) is 0 Å². The summed E-state index contributed by atoms with van der Waals surface area (Å²) in [6.45, 7) is 1.99. The van der Waals surface area contributed by atoms with Gasteiger partial charge in [0.05, 0.1) is 15.9 Å². The van der Waals surface area contributed by atoms with E-state index in [1.807, 2.05) is 30.3 Å². The molecule has 7 nitrogen and oxygen atoms in total. The van der Waals surface area contributed by atoms with Crippen molar-refractivity contribution in [1.82, 2.24) is 4.90 Å². The Morgan fingerprint density at radius 3 is 2.52 bits per heavy atom. The van der Waals surface area contributed by atoms with Gasteiger partial charge in [0.2, 0.25) is 0 Å². The number of carbonyl (C=O) groups excluding carboxylic acids is 1. The number of nitro benzene ring substituents is 1. The first-order valence-corrected chi connectivity index (χ1v) is 9.16. The molecule has 140 valence electrons. The van der Waals surface area contributed by atoms with Gasteiger partial charge in [0.1, 0.15) is 0 Å². The van der Waals surface area contributed by atoms with Crippen LogP contribution in [0.1, 0.15) is 23.7 Å². The van der Waals surface area contributed by atoms with Gasteiger partial charge in [-0.25, -0.2) is 0 Å². The summed E-state index contributed by atoms with van der Waals surface area (Å²) in [5, 5.41) is 20.5. The lowest BCUT2D eigenvalue weighted by atomic mass is 9.90. The van der Waals surface area contributed by atoms with Crippen LogP contribution in [0.25, 0.3) is 0 Å². The third-order valence-electron chi connectivity index (χ3n) is 4.65. The molecule has 1 saturated heterocycles. The number of benzene rings is 2. The van der Waals surface area contributed by atoms with Gasteiger partial charge in [0.15, 0.2) is 0 Å². The zero-order valence-electron chi connectivity index (χ0n) is 14.6. The zero-order valence-corrected chi connectivity index (χ0v) is 15.4. The van der Waals surface area contributed by atoms with Crippen molar-refractivity contribution in [1.29, 1.82) is 0 Å². The lowest BCUT2D eigenvalue weighted by Gasteiger charge is -2.21. The predicted molar refractivity (Wildman–Crippen MR) is 99.9 cm³/mol. The molecule has 0 aromatic heterocycles. The monoisotopic (exact) mass is 386 g/mol. The van der Waals surface area contributed by atoms with Crippen LogP contribution in [0.5, 0.6) is 0 Å². The number of rotatable bonds is 5. The van der Waals surface area contributed by atoms with E-state index in [4.69, 9.17) is 0 Å². The molecular formula is C19H18N2O5S. The Kier molecular flexibility index (Phi) is 5.18. The highest BCUT2D eigenvalue weighted by molar-refractivity contribution is 7.99. The number of nitrogens with zero attached hydrogens (tertiary/aromatic N) is 2. The molecule has 1 unspecified atom stereocenters. The minimum atomic E-state index is -0.997. The van der Waals surface area contributed by atoms with Gasteiger partial charge in [-0.1, -0.05) is 30.0 Å². The number of hydrogen-bond acceptors (Lipinski definition) is 5. The van der Waals surface area contributed by atoms with Gasteiger partial charge < -0.3 is 10.0 Å². The van der Waals surface area contributed by atoms with Gasteiger partial charge in [-0.2, -0.15) is 0 Å². The van der Waals surface area contributed by atoms with Gasteiger partial charge >= 0.3 is 5.97 Å². The van der Waals surface area contributed by atoms with Crippen LogP contribution in [-0.2, 0) is 4.79 Å². The summed E-state index contributed by atoms with van der Waals surface area (Å²) in [5.41, 5.74) is -0.952. The number of amides is 1. The fourth-order valence-electron chi connectivity index (χ4n) is 2.98. The molecule has 27 heavy (non-hydrogen) atoms. The van der Waals surface area contributed by atoms with Crippen LogP contribution in [0.4, 0.5) is 5.69 Å². The van der Waals surface area contributed by atoms with E-state index in [0.29, 0.717) is 17.9 Å². The Morgan fingerprint density at radius 2 is 1.93 bits per heavy atom. The fourth-order valence-corrected chi connectivity index (χ4v) is 3.92. The average molecular weight is 386 g/mol. The molecule has 1 aliphatic rings. The van der Waals surface area contributed by atoms with Crippen molar-refractivity contribution in [3.63, 3.8) is 0 Å². The molecule has 3 rings (SSSR count). The van der Waals surface area contributed by atoms with Gasteiger partial charge in [-0.05, 0) is 31.5 Å². The maximum atomic E-state index is 13.0. The van der Waals surface area contributed by atoms with Crippen molar-refractivity contribution in [2.45, 2.75) is 23.1 Å². The lowest BCUT2D eigenvalue weighted by Crippen LogP contribution is -2.35. The Hall–Kier alpha value is -2.87. The van der Waals surface area contributed by atoms with Gasteiger partial charge in [0, 0.05) is 35.0 Å². The Labute approximate surface area is 160 Å². The van der Waals surface area contributed by atoms with Gasteiger partial charge in [0.25, 0.3) is 11.6 Å². The zero-order chi connectivity index (χ0) is 19.6. The first kappa shape index (κ1) is 18.9. The second kappa shape index (κ2) is 7.40. The number of non-ortho nitro benzene ring substituents is 1. The Balaban J connectivity index is 1.94. The maximum absolute atomic E-state index is 13.0. The number of carboxylic acids is 1. The molecule has 2 aromatic carbocycles. The summed E-state index contributed by atoms with van der Waals surface area (Å²) in [6, 6.07) is 13.6. The van der Waals surface area contributed by atoms with E-state index in [-0.39, 0.29) is 23.7 Å². The van der Waals surface area contributed by atoms with Crippen molar-refractivity contribution >= 4 is 29.3 Å². The van der Waals surface area contributed by atoms with Crippen LogP contribution >= 0.6 is 11.8 Å². The highest BCUT2D eigenvalue weighted by atomic mass is 32.2. The lowest BCUT2D eigenvalue weighted by molar-refractivity contribution is -0.384. The Bertz CT molecular complexity index is 902. The summed E-state index contributed by atoms with van der Waals surface area (Å²) < 4.78 is 0. The molecule has 8 heteroatoms. The first-order chi connectivity index (χ1) is 12.8. The molecule has 1 amide bonds. The number of carboxylic acid groups (broad SMARTS) is 1. The topological polar surface area (TPSA) is 101 Å². The van der Waals surface area contributed by atoms with Crippen LogP contribution in [0.3, 0.4) is 0 Å². The van der Waals surface area contributed by atoms with Crippen molar-refractivity contribution in [2.24, 2.45) is 5.41 Å². The summed E-state index contributed by atoms with van der Waals surface area (Å²) in [7, 11) is 0. The molecule has 0 spiro atoms. The predicted octanol–water partition coefficient (Wildman–Crippen LogP) is 3.68. The van der Waals surface area contributed by atoms with E-state index in [2.05, 4.69) is 0 Å². The minimum absolute atomic E-state index is 0.0826. The molecular weight excluding hydrogens is 368 g/mol. The highest BCUT2D eigenvalue weighted by Gasteiger charge is 2.42. The Morgan fingerprint density at radius 1 is 1.22 bits per heavy atom. The molecule has 0 bridgehead atoms. The van der Waals surface area contributed by atoms with Gasteiger partial charge in [-0.15, -0.1) is 0 Å². The summed E-state index contributed by atoms with van der Waals surface area (Å²) in [5.74, 6) is -1.34. The molecule has 0 radical (unpaired) electrons. The number of likely N-dealkylation sites (tertiary alicyclic amines) is 1. The van der Waals surface area contributed by atoms with Crippen molar-refractivity contribution < 1.29 is 19.6 Å². The van der Waals surface area contributed by atoms with Crippen LogP contribution in [0.15, 0.2) is 58.3 Å². The van der Waals surface area contributed by atoms with E-state index in [1.165, 1.54) is 28.8 Å². The molecule has 1 atom stereocenters. The largest absolute Gasteiger partial charge is 0.481 e. The number of carbonyl (C=O) groups is 2. The number of nitro groups is 1. The maximum Gasteiger partial charge on any atom is 0.311 e. The van der Waals surface area contributed by atoms with E-state index in [1.54, 1.807) is 13.0 Å². The summed E-state index contributed by atoms with van der Waals surface area (Å²) >= 11 is 1.34. The van der Waals surface area contributed by atoms with E-state index >= 15 is 0 Å². The van der Waals surface area contributed by atoms with Crippen molar-refractivity contribution in [3.05, 3.63) is 64.2 Å². The van der Waals surface area contributed by atoms with Crippen LogP contribution in [0, 0.1) is 15.5 Å². The quantitative estimate of drug-likeness (QED) is 0.621. The standard InChI is InChI=1S/C19H18N2O5S/c1-19(18(23)24)9-10-20(12-19)17(22)15-11-13(21(25)26)7-8-16(15)27-14-5-3-2-4-6-14/h2-8,11H,9-10,12H2,1H3,(H,23,24). The molecule has 0 aliphatic carbocycles. The van der Waals surface area contributed by atoms with Crippen LogP contribution in [-0.4, -0.2) is 39.9 Å². The van der Waals surface area contributed by atoms with Crippen LogP contribution < -0.4 is 0 Å². The average Bonchev–Trinajstić information content (AvgIpc) is 3.06. The van der Waals surface area contributed by atoms with Crippen LogP contribution in [0.2, 0.25) is 0 Å². The molecule has 1 N–H and O–H groups in total. The summed E-state index contributed by atoms with van der Waals surface area (Å²) in [4.78, 5) is 38.1. The normalized spacial score (nSPS) is 19.1. The summed E-state index contributed by atoms with van der Waals surface area (Å²) in [6.07, 6.45) is 0.351. The molecule has 2 aromatic rings. The third kappa shape index (κ3) is 3.95. The fraction of sp³-hybridized carbons (Fsp3) is 0.263. The molecule has 1 aliphatic heterocycles. The molecule has 1 heterocycles. The highest BCUT2D eigenvalue weighted by Crippen LogP contribution is 2.36. The minimum Gasteiger partial charge on any atom is -0.481 e. The molecule has 1 fully saturated rings. The van der Waals surface area contributed by atoms with Gasteiger partial charge in [-0.3, -0.25) is 19.7 Å². The SMILES string of the molecule is CC1(C(=O)O)CCN(C(=O)c2cc([N+](=O)[O-])ccc2Sc2ccccc2)C1. The van der Waals surface area contributed by atoms with Crippen molar-refractivity contribution in [2.75, 3.05) is 13.1 Å². The third-order valence-corrected chi connectivity index (χ3v) is 5.74. The van der Waals surface area contributed by atoms with E-state index in [0.717, 1.165) is 4.90 Å². The number of hydrogen-bond donors (Lipinski definition) is 1. The number of aliphatic carboxylic acids is 1. The second-order valence-electron chi connectivity index (χ2n) is 6.70. The van der Waals surface area contributed by atoms with E-state index < -0.39 is 16.3 Å². The van der Waals surface area contributed by atoms with E-state index in [9.17, 15) is 24.8 Å². The smallest absolute Gasteiger partial charge is 0.311 e.